The molecule has 3 heteroatoms. The predicted octanol–water partition coefficient (Wildman–Crippen LogP) is 3.89. The summed E-state index contributed by atoms with van der Waals surface area (Å²) in [6.45, 7) is 6.75. The lowest BCUT2D eigenvalue weighted by atomic mass is 10.0. The normalized spacial score (nSPS) is 20.7. The third-order valence-corrected chi connectivity index (χ3v) is 4.92. The second-order valence-electron chi connectivity index (χ2n) is 5.48. The van der Waals surface area contributed by atoms with E-state index in [1.807, 2.05) is 11.3 Å². The van der Waals surface area contributed by atoms with Gasteiger partial charge in [0.05, 0.1) is 15.2 Å². The Balaban J connectivity index is 1.94. The number of rotatable bonds is 2. The lowest BCUT2D eigenvalue weighted by Crippen LogP contribution is -2.28. The maximum absolute atomic E-state index is 4.82. The Kier molecular flexibility index (Phi) is 3.35. The van der Waals surface area contributed by atoms with Gasteiger partial charge in [-0.3, -0.25) is 0 Å². The molecule has 0 spiro atoms. The SMILES string of the molecule is CC(C)c1ccc2nc(C3CCCNC3)sc2c1. The van der Waals surface area contributed by atoms with Crippen LogP contribution in [0.2, 0.25) is 0 Å². The molecule has 0 amide bonds. The summed E-state index contributed by atoms with van der Waals surface area (Å²) in [7, 11) is 0. The van der Waals surface area contributed by atoms with Crippen LogP contribution >= 0.6 is 11.3 Å². The predicted molar refractivity (Wildman–Crippen MR) is 78.6 cm³/mol. The van der Waals surface area contributed by atoms with Gasteiger partial charge in [-0.05, 0) is 43.0 Å². The van der Waals surface area contributed by atoms with Gasteiger partial charge in [0.2, 0.25) is 0 Å². The average Bonchev–Trinajstić information content (AvgIpc) is 2.82. The zero-order valence-corrected chi connectivity index (χ0v) is 11.9. The fourth-order valence-corrected chi connectivity index (χ4v) is 3.71. The van der Waals surface area contributed by atoms with Gasteiger partial charge in [-0.1, -0.05) is 19.9 Å². The zero-order chi connectivity index (χ0) is 12.5. The van der Waals surface area contributed by atoms with Crippen LogP contribution in [0.15, 0.2) is 18.2 Å². The summed E-state index contributed by atoms with van der Waals surface area (Å²) in [5.41, 5.74) is 2.59. The number of nitrogens with one attached hydrogen (secondary N) is 1. The second kappa shape index (κ2) is 4.98. The molecule has 0 aliphatic carbocycles. The minimum absolute atomic E-state index is 0.594. The van der Waals surface area contributed by atoms with Crippen LogP contribution < -0.4 is 5.32 Å². The Morgan fingerprint density at radius 1 is 1.39 bits per heavy atom. The van der Waals surface area contributed by atoms with Crippen LogP contribution in [-0.4, -0.2) is 18.1 Å². The second-order valence-corrected chi connectivity index (χ2v) is 6.54. The highest BCUT2D eigenvalue weighted by Gasteiger charge is 2.19. The Morgan fingerprint density at radius 3 is 3.00 bits per heavy atom. The van der Waals surface area contributed by atoms with E-state index in [0.717, 1.165) is 6.54 Å². The molecule has 3 rings (SSSR count). The first-order valence-corrected chi connectivity index (χ1v) is 7.67. The number of thiazole rings is 1. The first-order valence-electron chi connectivity index (χ1n) is 6.85. The monoisotopic (exact) mass is 260 g/mol. The Hall–Kier alpha value is -0.930. The molecular weight excluding hydrogens is 240 g/mol. The quantitative estimate of drug-likeness (QED) is 0.886. The van der Waals surface area contributed by atoms with E-state index in [1.165, 1.54) is 40.2 Å². The minimum Gasteiger partial charge on any atom is -0.316 e. The smallest absolute Gasteiger partial charge is 0.0982 e. The third kappa shape index (κ3) is 2.29. The first-order chi connectivity index (χ1) is 8.74. The lowest BCUT2D eigenvalue weighted by Gasteiger charge is -2.20. The molecule has 1 aliphatic rings. The highest BCUT2D eigenvalue weighted by molar-refractivity contribution is 7.18. The summed E-state index contributed by atoms with van der Waals surface area (Å²) in [4.78, 5) is 4.82. The van der Waals surface area contributed by atoms with E-state index in [4.69, 9.17) is 4.98 Å². The van der Waals surface area contributed by atoms with Crippen molar-refractivity contribution in [1.82, 2.24) is 10.3 Å². The van der Waals surface area contributed by atoms with Gasteiger partial charge in [-0.25, -0.2) is 4.98 Å². The maximum Gasteiger partial charge on any atom is 0.0982 e. The van der Waals surface area contributed by atoms with Crippen LogP contribution in [0.3, 0.4) is 0 Å². The molecule has 1 aromatic carbocycles. The molecule has 2 heterocycles. The number of nitrogens with zero attached hydrogens (tertiary/aromatic N) is 1. The van der Waals surface area contributed by atoms with E-state index in [-0.39, 0.29) is 0 Å². The molecule has 1 aliphatic heterocycles. The molecular formula is C15H20N2S. The number of hydrogen-bond donors (Lipinski definition) is 1. The van der Waals surface area contributed by atoms with Gasteiger partial charge in [-0.15, -0.1) is 11.3 Å². The van der Waals surface area contributed by atoms with Crippen LogP contribution in [0.4, 0.5) is 0 Å². The van der Waals surface area contributed by atoms with Gasteiger partial charge in [0.25, 0.3) is 0 Å². The fraction of sp³-hybridized carbons (Fsp3) is 0.533. The molecule has 0 radical (unpaired) electrons. The first kappa shape index (κ1) is 12.1. The summed E-state index contributed by atoms with van der Waals surface area (Å²) in [5.74, 6) is 1.22. The molecule has 0 bridgehead atoms. The summed E-state index contributed by atoms with van der Waals surface area (Å²) >= 11 is 1.88. The van der Waals surface area contributed by atoms with Gasteiger partial charge < -0.3 is 5.32 Å². The van der Waals surface area contributed by atoms with E-state index >= 15 is 0 Å². The van der Waals surface area contributed by atoms with Crippen LogP contribution in [0.25, 0.3) is 10.2 Å². The van der Waals surface area contributed by atoms with E-state index in [9.17, 15) is 0 Å². The standard InChI is InChI=1S/C15H20N2S/c1-10(2)11-5-6-13-14(8-11)18-15(17-13)12-4-3-7-16-9-12/h5-6,8,10,12,16H,3-4,7,9H2,1-2H3. The molecule has 96 valence electrons. The topological polar surface area (TPSA) is 24.9 Å². The van der Waals surface area contributed by atoms with Crippen molar-refractivity contribution >= 4 is 21.6 Å². The number of benzene rings is 1. The van der Waals surface area contributed by atoms with Crippen LogP contribution in [-0.2, 0) is 0 Å². The van der Waals surface area contributed by atoms with E-state index in [1.54, 1.807) is 0 Å². The van der Waals surface area contributed by atoms with Crippen molar-refractivity contribution < 1.29 is 0 Å². The van der Waals surface area contributed by atoms with Gasteiger partial charge in [0.15, 0.2) is 0 Å². The molecule has 1 fully saturated rings. The molecule has 1 aromatic heterocycles. The van der Waals surface area contributed by atoms with E-state index in [2.05, 4.69) is 37.4 Å². The Morgan fingerprint density at radius 2 is 2.28 bits per heavy atom. The summed E-state index contributed by atoms with van der Waals surface area (Å²) in [6, 6.07) is 6.72. The van der Waals surface area contributed by atoms with Crippen molar-refractivity contribution in [2.75, 3.05) is 13.1 Å². The van der Waals surface area contributed by atoms with Gasteiger partial charge in [0, 0.05) is 12.5 Å². The van der Waals surface area contributed by atoms with Crippen molar-refractivity contribution in [2.45, 2.75) is 38.5 Å². The van der Waals surface area contributed by atoms with Crippen LogP contribution in [0, 0.1) is 0 Å². The summed E-state index contributed by atoms with van der Waals surface area (Å²) in [6.07, 6.45) is 2.56. The zero-order valence-electron chi connectivity index (χ0n) is 11.1. The van der Waals surface area contributed by atoms with Crippen molar-refractivity contribution in [2.24, 2.45) is 0 Å². The summed E-state index contributed by atoms with van der Waals surface area (Å²) < 4.78 is 1.35. The molecule has 1 N–H and O–H groups in total. The molecule has 2 aromatic rings. The maximum atomic E-state index is 4.82. The minimum atomic E-state index is 0.594. The third-order valence-electron chi connectivity index (χ3n) is 3.74. The number of aromatic nitrogens is 1. The van der Waals surface area contributed by atoms with Crippen molar-refractivity contribution in [3.63, 3.8) is 0 Å². The Labute approximate surface area is 112 Å². The van der Waals surface area contributed by atoms with Gasteiger partial charge in [-0.2, -0.15) is 0 Å². The Bertz CT molecular complexity index is 538. The number of piperidine rings is 1. The number of hydrogen-bond acceptors (Lipinski definition) is 3. The largest absolute Gasteiger partial charge is 0.316 e. The van der Waals surface area contributed by atoms with Crippen molar-refractivity contribution in [3.05, 3.63) is 28.8 Å². The van der Waals surface area contributed by atoms with Crippen molar-refractivity contribution in [1.29, 1.82) is 0 Å². The van der Waals surface area contributed by atoms with Gasteiger partial charge >= 0.3 is 0 Å². The fourth-order valence-electron chi connectivity index (χ4n) is 2.56. The van der Waals surface area contributed by atoms with Gasteiger partial charge in [0.1, 0.15) is 0 Å². The molecule has 1 saturated heterocycles. The van der Waals surface area contributed by atoms with Crippen LogP contribution in [0.1, 0.15) is 49.1 Å². The number of fused-ring (bicyclic) bond motifs is 1. The van der Waals surface area contributed by atoms with E-state index < -0.39 is 0 Å². The highest BCUT2D eigenvalue weighted by Crippen LogP contribution is 2.32. The molecule has 2 nitrogen and oxygen atoms in total. The van der Waals surface area contributed by atoms with E-state index in [0.29, 0.717) is 11.8 Å². The summed E-state index contributed by atoms with van der Waals surface area (Å²) in [5, 5.41) is 4.79. The lowest BCUT2D eigenvalue weighted by molar-refractivity contribution is 0.461. The highest BCUT2D eigenvalue weighted by atomic mass is 32.1. The molecule has 1 unspecified atom stereocenters. The average molecular weight is 260 g/mol. The van der Waals surface area contributed by atoms with Crippen molar-refractivity contribution in [3.8, 4) is 0 Å². The molecule has 1 atom stereocenters. The molecule has 0 saturated carbocycles. The van der Waals surface area contributed by atoms with Crippen LogP contribution in [0.5, 0.6) is 0 Å². The molecule has 18 heavy (non-hydrogen) atoms.